The lowest BCUT2D eigenvalue weighted by Gasteiger charge is -2.12. The fourth-order valence-corrected chi connectivity index (χ4v) is 2.02. The van der Waals surface area contributed by atoms with Crippen LogP contribution >= 0.6 is 0 Å². The molecule has 100 valence electrons. The zero-order valence-electron chi connectivity index (χ0n) is 10.2. The summed E-state index contributed by atoms with van der Waals surface area (Å²) < 4.78 is 30.1. The molecular formula is C11H16N2O4S. The molecule has 0 spiro atoms. The fraction of sp³-hybridized carbons (Fsp3) is 0.364. The molecule has 3 N–H and O–H groups in total. The van der Waals surface area contributed by atoms with Gasteiger partial charge in [0.05, 0.1) is 4.90 Å². The number of carbonyl (C=O) groups excluding carboxylic acids is 1. The quantitative estimate of drug-likeness (QED) is 0.843. The Bertz CT molecular complexity index is 510. The third-order valence-corrected chi connectivity index (χ3v) is 3.52. The van der Waals surface area contributed by atoms with Crippen LogP contribution in [0.3, 0.4) is 0 Å². The predicted molar refractivity (Wildman–Crippen MR) is 66.5 cm³/mol. The molecule has 1 amide bonds. The number of nitrogens with two attached hydrogens (primary N) is 1. The molecule has 0 saturated carbocycles. The van der Waals surface area contributed by atoms with E-state index in [-0.39, 0.29) is 11.4 Å². The number of hydrogen-bond donors (Lipinski definition) is 2. The van der Waals surface area contributed by atoms with Gasteiger partial charge in [0, 0.05) is 6.54 Å². The van der Waals surface area contributed by atoms with E-state index in [1.165, 1.54) is 12.1 Å². The SMILES string of the molecule is Cc1ccc(S(=O)(=O)NC(=O)OC(C)CN)cc1. The summed E-state index contributed by atoms with van der Waals surface area (Å²) >= 11 is 0. The van der Waals surface area contributed by atoms with Crippen molar-refractivity contribution in [2.75, 3.05) is 6.54 Å². The summed E-state index contributed by atoms with van der Waals surface area (Å²) in [4.78, 5) is 11.3. The van der Waals surface area contributed by atoms with E-state index in [2.05, 4.69) is 0 Å². The van der Waals surface area contributed by atoms with E-state index >= 15 is 0 Å². The molecule has 0 aliphatic rings. The average molecular weight is 272 g/mol. The molecule has 1 unspecified atom stereocenters. The molecule has 0 fully saturated rings. The summed E-state index contributed by atoms with van der Waals surface area (Å²) in [6.07, 6.45) is -1.58. The van der Waals surface area contributed by atoms with Gasteiger partial charge in [0.15, 0.2) is 0 Å². The number of amides is 1. The minimum atomic E-state index is -3.90. The van der Waals surface area contributed by atoms with Gasteiger partial charge in [-0.05, 0) is 26.0 Å². The van der Waals surface area contributed by atoms with Crippen molar-refractivity contribution in [3.63, 3.8) is 0 Å². The fourth-order valence-electron chi connectivity index (χ4n) is 1.14. The lowest BCUT2D eigenvalue weighted by molar-refractivity contribution is 0.116. The van der Waals surface area contributed by atoms with Gasteiger partial charge in [-0.25, -0.2) is 17.9 Å². The number of hydrogen-bond acceptors (Lipinski definition) is 5. The summed E-state index contributed by atoms with van der Waals surface area (Å²) in [7, 11) is -3.90. The van der Waals surface area contributed by atoms with Crippen LogP contribution in [0.5, 0.6) is 0 Å². The smallest absolute Gasteiger partial charge is 0.421 e. The Labute approximate surface area is 106 Å². The second-order valence-electron chi connectivity index (χ2n) is 3.87. The number of rotatable bonds is 4. The van der Waals surface area contributed by atoms with Gasteiger partial charge in [-0.3, -0.25) is 0 Å². The average Bonchev–Trinajstić information content (AvgIpc) is 2.28. The highest BCUT2D eigenvalue weighted by Crippen LogP contribution is 2.10. The minimum absolute atomic E-state index is 0.00505. The van der Waals surface area contributed by atoms with Crippen LogP contribution < -0.4 is 10.5 Å². The van der Waals surface area contributed by atoms with Crippen LogP contribution in [0, 0.1) is 6.92 Å². The lowest BCUT2D eigenvalue weighted by atomic mass is 10.2. The van der Waals surface area contributed by atoms with Crippen LogP contribution in [0.25, 0.3) is 0 Å². The van der Waals surface area contributed by atoms with Crippen molar-refractivity contribution < 1.29 is 17.9 Å². The maximum atomic E-state index is 11.8. The summed E-state index contributed by atoms with van der Waals surface area (Å²) in [5.74, 6) is 0. The van der Waals surface area contributed by atoms with Gasteiger partial charge in [-0.2, -0.15) is 0 Å². The molecule has 1 aromatic rings. The highest BCUT2D eigenvalue weighted by atomic mass is 32.2. The normalized spacial score (nSPS) is 12.8. The van der Waals surface area contributed by atoms with Gasteiger partial charge in [-0.15, -0.1) is 0 Å². The van der Waals surface area contributed by atoms with Gasteiger partial charge in [0.2, 0.25) is 0 Å². The molecule has 0 saturated heterocycles. The Balaban J connectivity index is 2.76. The molecule has 0 aliphatic heterocycles. The third-order valence-electron chi connectivity index (χ3n) is 2.19. The van der Waals surface area contributed by atoms with Crippen LogP contribution in [-0.4, -0.2) is 27.2 Å². The van der Waals surface area contributed by atoms with Gasteiger partial charge < -0.3 is 10.5 Å². The molecule has 1 aromatic carbocycles. The molecule has 1 rings (SSSR count). The molecule has 7 heteroatoms. The van der Waals surface area contributed by atoms with E-state index in [9.17, 15) is 13.2 Å². The number of aryl methyl sites for hydroxylation is 1. The Kier molecular flexibility index (Phi) is 4.69. The van der Waals surface area contributed by atoms with Crippen molar-refractivity contribution in [2.45, 2.75) is 24.8 Å². The van der Waals surface area contributed by atoms with Crippen LogP contribution in [0.2, 0.25) is 0 Å². The summed E-state index contributed by atoms with van der Waals surface area (Å²) in [6, 6.07) is 6.11. The molecule has 6 nitrogen and oxygen atoms in total. The minimum Gasteiger partial charge on any atom is -0.444 e. The van der Waals surface area contributed by atoms with E-state index in [0.717, 1.165) is 5.56 Å². The molecule has 0 aliphatic carbocycles. The molecule has 0 bridgehead atoms. The van der Waals surface area contributed by atoms with Crippen molar-refractivity contribution in [3.8, 4) is 0 Å². The zero-order chi connectivity index (χ0) is 13.8. The maximum Gasteiger partial charge on any atom is 0.421 e. The van der Waals surface area contributed by atoms with Crippen molar-refractivity contribution in [3.05, 3.63) is 29.8 Å². The monoisotopic (exact) mass is 272 g/mol. The Morgan fingerprint density at radius 1 is 1.39 bits per heavy atom. The topological polar surface area (TPSA) is 98.5 Å². The van der Waals surface area contributed by atoms with E-state index in [0.29, 0.717) is 0 Å². The second-order valence-corrected chi connectivity index (χ2v) is 5.55. The first-order valence-electron chi connectivity index (χ1n) is 5.35. The molecule has 1 atom stereocenters. The van der Waals surface area contributed by atoms with Gasteiger partial charge in [0.25, 0.3) is 10.0 Å². The van der Waals surface area contributed by atoms with Crippen molar-refractivity contribution in [1.82, 2.24) is 4.72 Å². The van der Waals surface area contributed by atoms with E-state index < -0.39 is 22.2 Å². The Morgan fingerprint density at radius 3 is 2.44 bits per heavy atom. The summed E-state index contributed by atoms with van der Waals surface area (Å²) in [5.41, 5.74) is 6.18. The highest BCUT2D eigenvalue weighted by Gasteiger charge is 2.19. The number of carbonyl (C=O) groups is 1. The Hall–Kier alpha value is -1.60. The summed E-state index contributed by atoms with van der Waals surface area (Å²) in [5, 5.41) is 0. The van der Waals surface area contributed by atoms with Gasteiger partial charge >= 0.3 is 6.09 Å². The first-order chi connectivity index (χ1) is 8.35. The number of sulfonamides is 1. The van der Waals surface area contributed by atoms with Crippen molar-refractivity contribution in [1.29, 1.82) is 0 Å². The maximum absolute atomic E-state index is 11.8. The largest absolute Gasteiger partial charge is 0.444 e. The Morgan fingerprint density at radius 2 is 1.94 bits per heavy atom. The predicted octanol–water partition coefficient (Wildman–Crippen LogP) is 0.757. The van der Waals surface area contributed by atoms with Crippen LogP contribution in [-0.2, 0) is 14.8 Å². The lowest BCUT2D eigenvalue weighted by Crippen LogP contribution is -2.35. The van der Waals surface area contributed by atoms with Crippen molar-refractivity contribution >= 4 is 16.1 Å². The van der Waals surface area contributed by atoms with Crippen LogP contribution in [0.1, 0.15) is 12.5 Å². The molecular weight excluding hydrogens is 256 g/mol. The zero-order valence-corrected chi connectivity index (χ0v) is 11.0. The molecule has 18 heavy (non-hydrogen) atoms. The van der Waals surface area contributed by atoms with E-state index in [4.69, 9.17) is 10.5 Å². The van der Waals surface area contributed by atoms with Crippen molar-refractivity contribution in [2.24, 2.45) is 5.73 Å². The van der Waals surface area contributed by atoms with E-state index in [1.54, 1.807) is 19.1 Å². The van der Waals surface area contributed by atoms with E-state index in [1.807, 2.05) is 11.6 Å². The highest BCUT2D eigenvalue weighted by molar-refractivity contribution is 7.90. The molecule has 0 heterocycles. The van der Waals surface area contributed by atoms with Gasteiger partial charge in [0.1, 0.15) is 6.10 Å². The first kappa shape index (κ1) is 14.5. The van der Waals surface area contributed by atoms with Crippen LogP contribution in [0.15, 0.2) is 29.2 Å². The number of nitrogens with one attached hydrogen (secondary N) is 1. The number of ether oxygens (including phenoxy) is 1. The first-order valence-corrected chi connectivity index (χ1v) is 6.83. The van der Waals surface area contributed by atoms with Gasteiger partial charge in [-0.1, -0.05) is 17.7 Å². The third kappa shape index (κ3) is 4.01. The standard InChI is InChI=1S/C11H16N2O4S/c1-8-3-5-10(6-4-8)18(15,16)13-11(14)17-9(2)7-12/h3-6,9H,7,12H2,1-2H3,(H,13,14). The van der Waals surface area contributed by atoms with Crippen LogP contribution in [0.4, 0.5) is 4.79 Å². The second kappa shape index (κ2) is 5.83. The number of benzene rings is 1. The molecule has 0 radical (unpaired) electrons. The molecule has 0 aromatic heterocycles. The summed E-state index contributed by atoms with van der Waals surface area (Å²) in [6.45, 7) is 3.52.